The van der Waals surface area contributed by atoms with Gasteiger partial charge in [-0.15, -0.1) is 0 Å². The molecular weight excluding hydrogens is 370 g/mol. The Morgan fingerprint density at radius 1 is 1.07 bits per heavy atom. The van der Waals surface area contributed by atoms with Gasteiger partial charge in [-0.2, -0.15) is 0 Å². The summed E-state index contributed by atoms with van der Waals surface area (Å²) in [6.45, 7) is 7.85. The number of hydrogen-bond donors (Lipinski definition) is 1. The molecule has 3 rings (SSSR count). The standard InChI is InChI=1S/C27H33NO2/c1-19-10-9-11-23(20(19)2)24(25-12-7-5-6-8-17-28-25)18-21-13-15-22(16-14-21)27(3,4)26(29)30/h9-17,24H,5-8,18H2,1-4H3,(H,29,30)/b25-12-,28-17?. The Labute approximate surface area is 180 Å². The van der Waals surface area contributed by atoms with Crippen LogP contribution in [0, 0.1) is 13.8 Å². The summed E-state index contributed by atoms with van der Waals surface area (Å²) in [5.74, 6) is -0.616. The van der Waals surface area contributed by atoms with E-state index in [9.17, 15) is 9.90 Å². The van der Waals surface area contributed by atoms with Crippen molar-refractivity contribution in [3.05, 3.63) is 82.1 Å². The first-order valence-corrected chi connectivity index (χ1v) is 10.9. The van der Waals surface area contributed by atoms with E-state index in [0.717, 1.165) is 30.5 Å². The van der Waals surface area contributed by atoms with E-state index >= 15 is 0 Å². The van der Waals surface area contributed by atoms with E-state index in [-0.39, 0.29) is 5.92 Å². The molecule has 1 atom stereocenters. The molecule has 0 bridgehead atoms. The molecule has 1 aliphatic heterocycles. The van der Waals surface area contributed by atoms with Crippen LogP contribution in [0.1, 0.15) is 73.3 Å². The van der Waals surface area contributed by atoms with Gasteiger partial charge in [-0.3, -0.25) is 9.79 Å². The van der Waals surface area contributed by atoms with Crippen molar-refractivity contribution >= 4 is 12.2 Å². The average Bonchev–Trinajstić information content (AvgIpc) is 2.69. The number of allylic oxidation sites excluding steroid dienone is 2. The van der Waals surface area contributed by atoms with Gasteiger partial charge in [0.15, 0.2) is 0 Å². The van der Waals surface area contributed by atoms with Crippen molar-refractivity contribution in [1.82, 2.24) is 0 Å². The molecule has 1 N–H and O–H groups in total. The number of aliphatic imine (C=N–C) groups is 1. The van der Waals surface area contributed by atoms with Crippen molar-refractivity contribution in [2.45, 2.75) is 71.1 Å². The van der Waals surface area contributed by atoms with Gasteiger partial charge in [-0.05, 0) is 87.6 Å². The number of carboxylic acid groups (broad SMARTS) is 1. The maximum atomic E-state index is 11.6. The Balaban J connectivity index is 1.97. The summed E-state index contributed by atoms with van der Waals surface area (Å²) in [7, 11) is 0. The molecule has 0 saturated heterocycles. The molecule has 3 heteroatoms. The second kappa shape index (κ2) is 9.42. The number of aliphatic carboxylic acids is 1. The lowest BCUT2D eigenvalue weighted by molar-refractivity contribution is -0.142. The van der Waals surface area contributed by atoms with Gasteiger partial charge in [0.25, 0.3) is 0 Å². The van der Waals surface area contributed by atoms with Crippen molar-refractivity contribution in [3.63, 3.8) is 0 Å². The highest BCUT2D eigenvalue weighted by molar-refractivity contribution is 5.80. The Kier molecular flexibility index (Phi) is 6.91. The number of carbonyl (C=O) groups is 1. The van der Waals surface area contributed by atoms with Crippen molar-refractivity contribution in [2.24, 2.45) is 4.99 Å². The van der Waals surface area contributed by atoms with Crippen molar-refractivity contribution < 1.29 is 9.90 Å². The average molecular weight is 404 g/mol. The summed E-state index contributed by atoms with van der Waals surface area (Å²) in [5, 5.41) is 9.51. The van der Waals surface area contributed by atoms with Crippen LogP contribution in [0.2, 0.25) is 0 Å². The molecule has 158 valence electrons. The lowest BCUT2D eigenvalue weighted by atomic mass is 9.82. The molecule has 0 aliphatic carbocycles. The number of hydrogen-bond acceptors (Lipinski definition) is 2. The number of rotatable bonds is 6. The summed E-state index contributed by atoms with van der Waals surface area (Å²) in [6.07, 6.45) is 9.73. The van der Waals surface area contributed by atoms with Gasteiger partial charge in [-0.1, -0.05) is 48.5 Å². The van der Waals surface area contributed by atoms with Crippen LogP contribution in [-0.2, 0) is 16.6 Å². The van der Waals surface area contributed by atoms with Crippen molar-refractivity contribution in [2.75, 3.05) is 0 Å². The van der Waals surface area contributed by atoms with Crippen LogP contribution in [0.5, 0.6) is 0 Å². The Hall–Kier alpha value is -2.68. The maximum Gasteiger partial charge on any atom is 0.313 e. The van der Waals surface area contributed by atoms with Gasteiger partial charge >= 0.3 is 5.97 Å². The molecule has 0 fully saturated rings. The van der Waals surface area contributed by atoms with E-state index in [1.54, 1.807) is 13.8 Å². The lowest BCUT2D eigenvalue weighted by Crippen LogP contribution is -2.28. The summed E-state index contributed by atoms with van der Waals surface area (Å²) in [4.78, 5) is 16.4. The van der Waals surface area contributed by atoms with E-state index in [1.165, 1.54) is 35.1 Å². The molecule has 0 saturated carbocycles. The minimum Gasteiger partial charge on any atom is -0.481 e. The Morgan fingerprint density at radius 3 is 2.47 bits per heavy atom. The largest absolute Gasteiger partial charge is 0.481 e. The molecule has 0 amide bonds. The topological polar surface area (TPSA) is 49.7 Å². The van der Waals surface area contributed by atoms with Gasteiger partial charge in [0.1, 0.15) is 0 Å². The molecule has 30 heavy (non-hydrogen) atoms. The van der Waals surface area contributed by atoms with E-state index in [0.29, 0.717) is 0 Å². The minimum atomic E-state index is -0.891. The molecule has 1 heterocycles. The molecule has 1 aliphatic rings. The second-order valence-electron chi connectivity index (χ2n) is 8.90. The predicted molar refractivity (Wildman–Crippen MR) is 125 cm³/mol. The third kappa shape index (κ3) is 4.89. The number of carboxylic acids is 1. The summed E-state index contributed by atoms with van der Waals surface area (Å²) in [6, 6.07) is 14.6. The van der Waals surface area contributed by atoms with E-state index in [4.69, 9.17) is 4.99 Å². The zero-order chi connectivity index (χ0) is 21.7. The third-order valence-electron chi connectivity index (χ3n) is 6.41. The first-order valence-electron chi connectivity index (χ1n) is 10.9. The summed E-state index contributed by atoms with van der Waals surface area (Å²) >= 11 is 0. The fraction of sp³-hybridized carbons (Fsp3) is 0.407. The number of aryl methyl sites for hydroxylation is 1. The summed E-state index contributed by atoms with van der Waals surface area (Å²) in [5.41, 5.74) is 6.23. The number of nitrogens with zero attached hydrogens (tertiary/aromatic N) is 1. The molecule has 0 radical (unpaired) electrons. The second-order valence-corrected chi connectivity index (χ2v) is 8.90. The van der Waals surface area contributed by atoms with Crippen molar-refractivity contribution in [3.8, 4) is 0 Å². The van der Waals surface area contributed by atoms with Gasteiger partial charge in [0.2, 0.25) is 0 Å². The smallest absolute Gasteiger partial charge is 0.313 e. The quantitative estimate of drug-likeness (QED) is 0.597. The normalized spacial score (nSPS) is 17.5. The Morgan fingerprint density at radius 2 is 1.77 bits per heavy atom. The molecule has 0 aromatic heterocycles. The lowest BCUT2D eigenvalue weighted by Gasteiger charge is -2.23. The van der Waals surface area contributed by atoms with Crippen LogP contribution < -0.4 is 0 Å². The van der Waals surface area contributed by atoms with Crippen LogP contribution in [0.25, 0.3) is 0 Å². The highest BCUT2D eigenvalue weighted by Crippen LogP contribution is 2.34. The molecule has 2 aromatic carbocycles. The zero-order valence-electron chi connectivity index (χ0n) is 18.6. The van der Waals surface area contributed by atoms with Gasteiger partial charge in [-0.25, -0.2) is 0 Å². The summed E-state index contributed by atoms with van der Waals surface area (Å²) < 4.78 is 0. The molecule has 3 nitrogen and oxygen atoms in total. The minimum absolute atomic E-state index is 0.192. The fourth-order valence-corrected chi connectivity index (χ4v) is 4.03. The van der Waals surface area contributed by atoms with E-state index in [2.05, 4.69) is 56.5 Å². The highest BCUT2D eigenvalue weighted by Gasteiger charge is 2.29. The predicted octanol–water partition coefficient (Wildman–Crippen LogP) is 6.52. The van der Waals surface area contributed by atoms with Crippen LogP contribution in [0.4, 0.5) is 0 Å². The third-order valence-corrected chi connectivity index (χ3v) is 6.41. The highest BCUT2D eigenvalue weighted by atomic mass is 16.4. The Bertz CT molecular complexity index is 951. The molecular formula is C27H33NO2. The van der Waals surface area contributed by atoms with Crippen LogP contribution in [0.3, 0.4) is 0 Å². The van der Waals surface area contributed by atoms with Crippen molar-refractivity contribution in [1.29, 1.82) is 0 Å². The van der Waals surface area contributed by atoms with Gasteiger partial charge < -0.3 is 5.11 Å². The number of benzene rings is 2. The zero-order valence-corrected chi connectivity index (χ0v) is 18.6. The van der Waals surface area contributed by atoms with Crippen LogP contribution in [-0.4, -0.2) is 17.3 Å². The van der Waals surface area contributed by atoms with Crippen LogP contribution >= 0.6 is 0 Å². The van der Waals surface area contributed by atoms with Gasteiger partial charge in [0.05, 0.1) is 5.41 Å². The van der Waals surface area contributed by atoms with Gasteiger partial charge in [0, 0.05) is 17.8 Å². The first kappa shape index (κ1) is 22.0. The van der Waals surface area contributed by atoms with E-state index in [1.807, 2.05) is 12.1 Å². The molecule has 2 aromatic rings. The maximum absolute atomic E-state index is 11.6. The monoisotopic (exact) mass is 403 g/mol. The SMILES string of the molecule is Cc1cccc(C(Cc2ccc(C(C)(C)C(=O)O)cc2)/C2=C/CCCCC=N2)c1C. The van der Waals surface area contributed by atoms with Crippen LogP contribution in [0.15, 0.2) is 59.2 Å². The molecule has 0 spiro atoms. The molecule has 1 unspecified atom stereocenters. The van der Waals surface area contributed by atoms with E-state index < -0.39 is 11.4 Å². The fourth-order valence-electron chi connectivity index (χ4n) is 4.03. The first-order chi connectivity index (χ1) is 14.3.